The van der Waals surface area contributed by atoms with E-state index >= 15 is 0 Å². The first kappa shape index (κ1) is 29.5. The summed E-state index contributed by atoms with van der Waals surface area (Å²) in [4.78, 5) is 36.7. The van der Waals surface area contributed by atoms with E-state index in [-0.39, 0.29) is 23.8 Å². The van der Waals surface area contributed by atoms with E-state index in [1.165, 1.54) is 0 Å². The smallest absolute Gasteiger partial charge is 0.270 e. The lowest BCUT2D eigenvalue weighted by Crippen LogP contribution is -2.41. The molecule has 1 saturated heterocycles. The Morgan fingerprint density at radius 2 is 1.65 bits per heavy atom. The molecule has 0 bridgehead atoms. The Hall–Kier alpha value is -3.45. The lowest BCUT2D eigenvalue weighted by molar-refractivity contribution is -0.138. The number of amides is 2. The number of nitrogens with two attached hydrogens (primary N) is 1. The largest absolute Gasteiger partial charge is 0.378 e. The first-order chi connectivity index (χ1) is 19.7. The molecular formula is C28H39N7O5. The highest BCUT2D eigenvalue weighted by atomic mass is 16.5. The fourth-order valence-electron chi connectivity index (χ4n) is 4.67. The Bertz CT molecular complexity index is 1100. The van der Waals surface area contributed by atoms with Gasteiger partial charge in [-0.05, 0) is 24.5 Å². The molecule has 1 fully saturated rings. The van der Waals surface area contributed by atoms with Gasteiger partial charge in [-0.3, -0.25) is 9.59 Å². The summed E-state index contributed by atoms with van der Waals surface area (Å²) < 4.78 is 16.1. The van der Waals surface area contributed by atoms with Crippen LogP contribution < -0.4 is 16.0 Å². The lowest BCUT2D eigenvalue weighted by atomic mass is 9.94. The Kier molecular flexibility index (Phi) is 11.8. The van der Waals surface area contributed by atoms with Gasteiger partial charge in [0.2, 0.25) is 11.9 Å². The quantitative estimate of drug-likeness (QED) is 0.313. The van der Waals surface area contributed by atoms with Gasteiger partial charge in [0.15, 0.2) is 0 Å². The van der Waals surface area contributed by atoms with Gasteiger partial charge < -0.3 is 30.2 Å². The van der Waals surface area contributed by atoms with Crippen molar-refractivity contribution < 1.29 is 23.8 Å². The third kappa shape index (κ3) is 8.52. The highest BCUT2D eigenvalue weighted by molar-refractivity contribution is 5.92. The van der Waals surface area contributed by atoms with E-state index < -0.39 is 0 Å². The van der Waals surface area contributed by atoms with E-state index in [0.29, 0.717) is 90.3 Å². The van der Waals surface area contributed by atoms with Gasteiger partial charge in [-0.2, -0.15) is 5.10 Å². The SMILES string of the molecule is NCCOCCOCCOCCNC(=O)c1ccnc(N2CCC(C(=O)N3N=CCC3c3ccccc3)CC2)n1. The molecule has 216 valence electrons. The van der Waals surface area contributed by atoms with E-state index in [1.807, 2.05) is 41.4 Å². The predicted octanol–water partition coefficient (Wildman–Crippen LogP) is 1.39. The maximum absolute atomic E-state index is 13.3. The van der Waals surface area contributed by atoms with Crippen LogP contribution in [0.25, 0.3) is 0 Å². The molecule has 3 heterocycles. The van der Waals surface area contributed by atoms with Crippen molar-refractivity contribution in [1.82, 2.24) is 20.3 Å². The molecule has 0 aliphatic carbocycles. The molecule has 12 heteroatoms. The van der Waals surface area contributed by atoms with Crippen molar-refractivity contribution in [2.45, 2.75) is 25.3 Å². The van der Waals surface area contributed by atoms with Crippen LogP contribution in [0.3, 0.4) is 0 Å². The summed E-state index contributed by atoms with van der Waals surface area (Å²) in [5.74, 6) is 0.147. The molecule has 4 rings (SSSR count). The van der Waals surface area contributed by atoms with E-state index in [1.54, 1.807) is 17.3 Å². The minimum atomic E-state index is -0.288. The van der Waals surface area contributed by atoms with Crippen molar-refractivity contribution in [3.63, 3.8) is 0 Å². The highest BCUT2D eigenvalue weighted by Crippen LogP contribution is 2.32. The molecular weight excluding hydrogens is 514 g/mol. The molecule has 0 radical (unpaired) electrons. The number of hydrogen-bond donors (Lipinski definition) is 2. The number of rotatable bonds is 15. The second-order valence-electron chi connectivity index (χ2n) is 9.53. The zero-order valence-electron chi connectivity index (χ0n) is 22.8. The zero-order valence-corrected chi connectivity index (χ0v) is 22.8. The average Bonchev–Trinajstić information content (AvgIpc) is 3.50. The average molecular weight is 554 g/mol. The highest BCUT2D eigenvalue weighted by Gasteiger charge is 2.35. The summed E-state index contributed by atoms with van der Waals surface area (Å²) in [6.07, 6.45) is 5.48. The van der Waals surface area contributed by atoms with Crippen molar-refractivity contribution in [3.8, 4) is 0 Å². The summed E-state index contributed by atoms with van der Waals surface area (Å²) in [6.45, 7) is 4.89. The molecule has 2 aliphatic rings. The summed E-state index contributed by atoms with van der Waals surface area (Å²) in [6, 6.07) is 11.6. The molecule has 2 aromatic rings. The van der Waals surface area contributed by atoms with Gasteiger partial charge in [-0.25, -0.2) is 15.0 Å². The molecule has 3 N–H and O–H groups in total. The van der Waals surface area contributed by atoms with Gasteiger partial charge in [0, 0.05) is 50.9 Å². The molecule has 40 heavy (non-hydrogen) atoms. The van der Waals surface area contributed by atoms with Crippen LogP contribution in [0.2, 0.25) is 0 Å². The normalized spacial score (nSPS) is 17.4. The number of piperidine rings is 1. The molecule has 2 aliphatic heterocycles. The Morgan fingerprint density at radius 3 is 2.38 bits per heavy atom. The van der Waals surface area contributed by atoms with Gasteiger partial charge in [0.1, 0.15) is 5.69 Å². The monoisotopic (exact) mass is 553 g/mol. The Balaban J connectivity index is 1.16. The summed E-state index contributed by atoms with van der Waals surface area (Å²) in [5.41, 5.74) is 6.73. The molecule has 2 amide bonds. The maximum Gasteiger partial charge on any atom is 0.270 e. The van der Waals surface area contributed by atoms with Gasteiger partial charge in [0.25, 0.3) is 5.91 Å². The standard InChI is InChI=1S/C28H39N7O5/c29-10-16-38-18-20-40-21-19-39-17-13-30-26(36)24-6-11-31-28(33-24)34-14-8-23(9-15-34)27(37)35-25(7-12-32-35)22-4-2-1-3-5-22/h1-6,11-12,23,25H,7-10,13-21,29H2,(H,30,36). The summed E-state index contributed by atoms with van der Waals surface area (Å²) in [5, 5.41) is 8.85. The van der Waals surface area contributed by atoms with Crippen LogP contribution >= 0.6 is 0 Å². The van der Waals surface area contributed by atoms with E-state index in [4.69, 9.17) is 19.9 Å². The number of ether oxygens (including phenoxy) is 3. The fraction of sp³-hybridized carbons (Fsp3) is 0.536. The molecule has 12 nitrogen and oxygen atoms in total. The molecule has 1 atom stereocenters. The second-order valence-corrected chi connectivity index (χ2v) is 9.53. The third-order valence-electron chi connectivity index (χ3n) is 6.78. The number of carbonyl (C=O) groups excluding carboxylic acids is 2. The Labute approximate surface area is 234 Å². The summed E-state index contributed by atoms with van der Waals surface area (Å²) in [7, 11) is 0. The van der Waals surface area contributed by atoms with Gasteiger partial charge in [-0.1, -0.05) is 30.3 Å². The molecule has 0 spiro atoms. The number of carbonyl (C=O) groups is 2. The molecule has 0 saturated carbocycles. The number of hydrazone groups is 1. The van der Waals surface area contributed by atoms with Crippen LogP contribution in [0.1, 0.15) is 41.4 Å². The van der Waals surface area contributed by atoms with Crippen molar-refractivity contribution in [2.24, 2.45) is 16.8 Å². The number of aromatic nitrogens is 2. The van der Waals surface area contributed by atoms with Crippen LogP contribution in [-0.2, 0) is 19.0 Å². The van der Waals surface area contributed by atoms with Gasteiger partial charge in [0.05, 0.1) is 45.7 Å². The number of benzene rings is 1. The third-order valence-corrected chi connectivity index (χ3v) is 6.78. The van der Waals surface area contributed by atoms with Crippen LogP contribution in [-0.4, -0.2) is 98.8 Å². The van der Waals surface area contributed by atoms with E-state index in [9.17, 15) is 9.59 Å². The number of anilines is 1. The Morgan fingerprint density at radius 1 is 0.950 bits per heavy atom. The van der Waals surface area contributed by atoms with Crippen molar-refractivity contribution in [2.75, 3.05) is 70.7 Å². The lowest BCUT2D eigenvalue weighted by Gasteiger charge is -2.33. The van der Waals surface area contributed by atoms with E-state index in [2.05, 4.69) is 20.4 Å². The molecule has 1 aromatic carbocycles. The minimum Gasteiger partial charge on any atom is -0.378 e. The van der Waals surface area contributed by atoms with Crippen LogP contribution in [0.5, 0.6) is 0 Å². The van der Waals surface area contributed by atoms with Crippen LogP contribution in [0.4, 0.5) is 5.95 Å². The zero-order chi connectivity index (χ0) is 28.0. The summed E-state index contributed by atoms with van der Waals surface area (Å²) >= 11 is 0. The van der Waals surface area contributed by atoms with Crippen molar-refractivity contribution in [1.29, 1.82) is 0 Å². The first-order valence-corrected chi connectivity index (χ1v) is 13.9. The number of nitrogens with zero attached hydrogens (tertiary/aromatic N) is 5. The fourth-order valence-corrected chi connectivity index (χ4v) is 4.67. The first-order valence-electron chi connectivity index (χ1n) is 13.9. The minimum absolute atomic E-state index is 0.0457. The van der Waals surface area contributed by atoms with Crippen LogP contribution in [0.15, 0.2) is 47.7 Å². The van der Waals surface area contributed by atoms with Gasteiger partial charge in [-0.15, -0.1) is 0 Å². The number of nitrogens with one attached hydrogen (secondary N) is 1. The molecule has 1 aromatic heterocycles. The van der Waals surface area contributed by atoms with Crippen molar-refractivity contribution >= 4 is 24.0 Å². The number of hydrogen-bond acceptors (Lipinski definition) is 10. The van der Waals surface area contributed by atoms with Gasteiger partial charge >= 0.3 is 0 Å². The predicted molar refractivity (Wildman–Crippen MR) is 150 cm³/mol. The van der Waals surface area contributed by atoms with E-state index in [0.717, 1.165) is 12.0 Å². The molecule has 1 unspecified atom stereocenters. The maximum atomic E-state index is 13.3. The van der Waals surface area contributed by atoms with Crippen molar-refractivity contribution in [3.05, 3.63) is 53.9 Å². The topological polar surface area (TPSA) is 144 Å². The second kappa shape index (κ2) is 16.0. The van der Waals surface area contributed by atoms with Crippen LogP contribution in [0, 0.1) is 5.92 Å².